The molecule has 0 spiro atoms. The molecule has 10 heteroatoms. The normalized spacial score (nSPS) is 17.9. The summed E-state index contributed by atoms with van der Waals surface area (Å²) in [4.78, 5) is 14.2. The standard InChI is InChI=1S/C17H19F3N4O3/c18-17(19,20)27-13-3-1-11(2-4-13)14-9-15(23-22-14)16(26)21-6-8-24-7-5-12(25)10-24/h1-4,9,12,25H,5-8,10H2,(H,21,26)(H,22,23)/t12-/m0/s1. The van der Waals surface area contributed by atoms with E-state index in [1.807, 2.05) is 0 Å². The zero-order chi connectivity index (χ0) is 19.4. The number of β-amino-alcohol motifs (C(OH)–C–C–N with tert-alkyl or cyclic N) is 1. The molecule has 3 rings (SSSR count). The second kappa shape index (κ2) is 7.97. The molecule has 1 aromatic heterocycles. The maximum Gasteiger partial charge on any atom is 0.573 e. The van der Waals surface area contributed by atoms with Crippen LogP contribution in [-0.2, 0) is 0 Å². The lowest BCUT2D eigenvalue weighted by atomic mass is 10.1. The number of carbonyl (C=O) groups is 1. The average molecular weight is 384 g/mol. The first-order valence-electron chi connectivity index (χ1n) is 8.40. The Hall–Kier alpha value is -2.59. The molecule has 27 heavy (non-hydrogen) atoms. The second-order valence-corrected chi connectivity index (χ2v) is 6.24. The number of hydrogen-bond acceptors (Lipinski definition) is 5. The Morgan fingerprint density at radius 2 is 2.11 bits per heavy atom. The number of aliphatic hydroxyl groups is 1. The number of nitrogens with zero attached hydrogens (tertiary/aromatic N) is 2. The number of aliphatic hydroxyl groups excluding tert-OH is 1. The SMILES string of the molecule is O=C(NCCN1CC[C@H](O)C1)c1cc(-c2ccc(OC(F)(F)F)cc2)n[nH]1. The fourth-order valence-electron chi connectivity index (χ4n) is 2.85. The van der Waals surface area contributed by atoms with Gasteiger partial charge in [-0.15, -0.1) is 13.2 Å². The van der Waals surface area contributed by atoms with E-state index in [0.29, 0.717) is 30.9 Å². The fourth-order valence-corrected chi connectivity index (χ4v) is 2.85. The number of hydrogen-bond donors (Lipinski definition) is 3. The Morgan fingerprint density at radius 1 is 1.37 bits per heavy atom. The van der Waals surface area contributed by atoms with Gasteiger partial charge < -0.3 is 15.2 Å². The molecule has 0 bridgehead atoms. The molecule has 0 saturated carbocycles. The van der Waals surface area contributed by atoms with E-state index in [0.717, 1.165) is 13.0 Å². The largest absolute Gasteiger partial charge is 0.573 e. The lowest BCUT2D eigenvalue weighted by Gasteiger charge is -2.14. The fraction of sp³-hybridized carbons (Fsp3) is 0.412. The van der Waals surface area contributed by atoms with Crippen molar-refractivity contribution in [1.29, 1.82) is 0 Å². The molecule has 2 heterocycles. The molecular weight excluding hydrogens is 365 g/mol. The molecule has 7 nitrogen and oxygen atoms in total. The summed E-state index contributed by atoms with van der Waals surface area (Å²) in [6, 6.07) is 6.74. The van der Waals surface area contributed by atoms with E-state index in [2.05, 4.69) is 25.2 Å². The minimum Gasteiger partial charge on any atom is -0.406 e. The van der Waals surface area contributed by atoms with Crippen molar-refractivity contribution < 1.29 is 27.8 Å². The molecule has 1 amide bonds. The number of amides is 1. The van der Waals surface area contributed by atoms with Gasteiger partial charge in [0.1, 0.15) is 11.4 Å². The monoisotopic (exact) mass is 384 g/mol. The van der Waals surface area contributed by atoms with Crippen molar-refractivity contribution in [3.8, 4) is 17.0 Å². The van der Waals surface area contributed by atoms with Crippen LogP contribution in [0.3, 0.4) is 0 Å². The van der Waals surface area contributed by atoms with Gasteiger partial charge in [-0.05, 0) is 36.8 Å². The first-order valence-corrected chi connectivity index (χ1v) is 8.40. The van der Waals surface area contributed by atoms with Crippen LogP contribution < -0.4 is 10.1 Å². The number of nitrogens with one attached hydrogen (secondary N) is 2. The van der Waals surface area contributed by atoms with E-state index in [1.165, 1.54) is 30.3 Å². The van der Waals surface area contributed by atoms with Gasteiger partial charge in [0.15, 0.2) is 0 Å². The number of carbonyl (C=O) groups excluding carboxylic acids is 1. The molecule has 1 aliphatic heterocycles. The third-order valence-electron chi connectivity index (χ3n) is 4.17. The maximum absolute atomic E-state index is 12.2. The first kappa shape index (κ1) is 19.2. The Balaban J connectivity index is 1.53. The summed E-state index contributed by atoms with van der Waals surface area (Å²) in [7, 11) is 0. The van der Waals surface area contributed by atoms with Crippen LogP contribution in [-0.4, -0.2) is 64.8 Å². The van der Waals surface area contributed by atoms with Crippen LogP contribution in [0.5, 0.6) is 5.75 Å². The number of rotatable bonds is 6. The minimum absolute atomic E-state index is 0.252. The Morgan fingerprint density at radius 3 is 2.74 bits per heavy atom. The Kier molecular flexibility index (Phi) is 5.66. The summed E-state index contributed by atoms with van der Waals surface area (Å²) in [6.07, 6.45) is -4.31. The summed E-state index contributed by atoms with van der Waals surface area (Å²) in [5.41, 5.74) is 1.23. The molecule has 3 N–H and O–H groups in total. The molecule has 0 unspecified atom stereocenters. The smallest absolute Gasteiger partial charge is 0.406 e. The van der Waals surface area contributed by atoms with Gasteiger partial charge in [-0.3, -0.25) is 14.8 Å². The number of likely N-dealkylation sites (tertiary alicyclic amines) is 1. The van der Waals surface area contributed by atoms with E-state index in [4.69, 9.17) is 0 Å². The third-order valence-corrected chi connectivity index (χ3v) is 4.17. The highest BCUT2D eigenvalue weighted by Gasteiger charge is 2.31. The van der Waals surface area contributed by atoms with Crippen molar-refractivity contribution in [3.63, 3.8) is 0 Å². The number of halogens is 3. The highest BCUT2D eigenvalue weighted by Crippen LogP contribution is 2.25. The molecule has 1 fully saturated rings. The van der Waals surface area contributed by atoms with Gasteiger partial charge in [0.05, 0.1) is 11.8 Å². The summed E-state index contributed by atoms with van der Waals surface area (Å²) in [5, 5.41) is 18.9. The van der Waals surface area contributed by atoms with E-state index >= 15 is 0 Å². The highest BCUT2D eigenvalue weighted by atomic mass is 19.4. The van der Waals surface area contributed by atoms with Crippen LogP contribution >= 0.6 is 0 Å². The van der Waals surface area contributed by atoms with Gasteiger partial charge >= 0.3 is 6.36 Å². The molecule has 146 valence electrons. The van der Waals surface area contributed by atoms with Crippen molar-refractivity contribution in [2.45, 2.75) is 18.9 Å². The number of benzene rings is 1. The van der Waals surface area contributed by atoms with E-state index < -0.39 is 6.36 Å². The Bertz CT molecular complexity index is 776. The average Bonchev–Trinajstić information content (AvgIpc) is 3.23. The van der Waals surface area contributed by atoms with Crippen molar-refractivity contribution >= 4 is 5.91 Å². The number of aromatic amines is 1. The molecule has 2 aromatic rings. The topological polar surface area (TPSA) is 90.5 Å². The number of alkyl halides is 3. The predicted octanol–water partition coefficient (Wildman–Crippen LogP) is 1.77. The maximum atomic E-state index is 12.2. The number of aromatic nitrogens is 2. The van der Waals surface area contributed by atoms with Gasteiger partial charge in [-0.1, -0.05) is 0 Å². The van der Waals surface area contributed by atoms with Crippen molar-refractivity contribution in [2.24, 2.45) is 0 Å². The summed E-state index contributed by atoms with van der Waals surface area (Å²) in [6.45, 7) is 2.49. The van der Waals surface area contributed by atoms with Crippen molar-refractivity contribution in [1.82, 2.24) is 20.4 Å². The van der Waals surface area contributed by atoms with Gasteiger partial charge in [-0.2, -0.15) is 5.10 Å². The summed E-state index contributed by atoms with van der Waals surface area (Å²) < 4.78 is 40.3. The van der Waals surface area contributed by atoms with Crippen LogP contribution in [0.1, 0.15) is 16.9 Å². The van der Waals surface area contributed by atoms with Crippen LogP contribution in [0.25, 0.3) is 11.3 Å². The summed E-state index contributed by atoms with van der Waals surface area (Å²) >= 11 is 0. The Labute approximate surface area is 153 Å². The van der Waals surface area contributed by atoms with Gasteiger partial charge in [-0.25, -0.2) is 0 Å². The van der Waals surface area contributed by atoms with Crippen LogP contribution in [0, 0.1) is 0 Å². The molecule has 1 saturated heterocycles. The van der Waals surface area contributed by atoms with Crippen LogP contribution in [0.4, 0.5) is 13.2 Å². The van der Waals surface area contributed by atoms with E-state index in [9.17, 15) is 23.1 Å². The van der Waals surface area contributed by atoms with Gasteiger partial charge in [0.25, 0.3) is 5.91 Å². The van der Waals surface area contributed by atoms with Gasteiger partial charge in [0, 0.05) is 31.7 Å². The lowest BCUT2D eigenvalue weighted by Crippen LogP contribution is -2.34. The first-order chi connectivity index (χ1) is 12.8. The summed E-state index contributed by atoms with van der Waals surface area (Å²) in [5.74, 6) is -0.655. The molecular formula is C17H19F3N4O3. The highest BCUT2D eigenvalue weighted by molar-refractivity contribution is 5.93. The van der Waals surface area contributed by atoms with E-state index in [-0.39, 0.29) is 23.5 Å². The molecule has 0 aliphatic carbocycles. The molecule has 0 radical (unpaired) electrons. The zero-order valence-electron chi connectivity index (χ0n) is 14.3. The zero-order valence-corrected chi connectivity index (χ0v) is 14.3. The van der Waals surface area contributed by atoms with E-state index in [1.54, 1.807) is 0 Å². The number of H-pyrrole nitrogens is 1. The number of ether oxygens (including phenoxy) is 1. The minimum atomic E-state index is -4.74. The lowest BCUT2D eigenvalue weighted by molar-refractivity contribution is -0.274. The molecule has 1 atom stereocenters. The third kappa shape index (κ3) is 5.44. The van der Waals surface area contributed by atoms with Crippen LogP contribution in [0.2, 0.25) is 0 Å². The van der Waals surface area contributed by atoms with Crippen LogP contribution in [0.15, 0.2) is 30.3 Å². The quantitative estimate of drug-likeness (QED) is 0.706. The second-order valence-electron chi connectivity index (χ2n) is 6.24. The molecule has 1 aliphatic rings. The molecule has 1 aromatic carbocycles. The van der Waals surface area contributed by atoms with Crippen molar-refractivity contribution in [2.75, 3.05) is 26.2 Å². The predicted molar refractivity (Wildman–Crippen MR) is 90.1 cm³/mol. The van der Waals surface area contributed by atoms with Crippen molar-refractivity contribution in [3.05, 3.63) is 36.0 Å². The van der Waals surface area contributed by atoms with Gasteiger partial charge in [0.2, 0.25) is 0 Å².